The smallest absolute Gasteiger partial charge is 0.156 e. The Balaban J connectivity index is 1.32. The molecule has 0 spiro atoms. The summed E-state index contributed by atoms with van der Waals surface area (Å²) in [6, 6.07) is 26.9. The van der Waals surface area contributed by atoms with Crippen molar-refractivity contribution in [2.75, 3.05) is 19.8 Å². The first-order valence-electron chi connectivity index (χ1n) is 13.0. The summed E-state index contributed by atoms with van der Waals surface area (Å²) in [6.45, 7) is 7.28. The van der Waals surface area contributed by atoms with Gasteiger partial charge >= 0.3 is 0 Å². The van der Waals surface area contributed by atoms with E-state index < -0.39 is 0 Å². The third-order valence-corrected chi connectivity index (χ3v) is 7.28. The van der Waals surface area contributed by atoms with Gasteiger partial charge in [0, 0.05) is 6.61 Å². The monoisotopic (exact) mass is 548 g/mol. The van der Waals surface area contributed by atoms with Gasteiger partial charge < -0.3 is 14.6 Å². The summed E-state index contributed by atoms with van der Waals surface area (Å²) in [5, 5.41) is 10.4. The summed E-state index contributed by atoms with van der Waals surface area (Å²) in [5.74, 6) is 1.67. The Kier molecular flexibility index (Phi) is 9.74. The van der Waals surface area contributed by atoms with Crippen LogP contribution in [0.15, 0.2) is 78.9 Å². The minimum atomic E-state index is 0.153. The predicted molar refractivity (Wildman–Crippen MR) is 158 cm³/mol. The molecule has 198 valence electrons. The number of ether oxygens (including phenoxy) is 2. The Morgan fingerprint density at radius 2 is 1.50 bits per heavy atom. The normalized spacial score (nSPS) is 11.8. The molecule has 38 heavy (non-hydrogen) atoms. The average Bonchev–Trinajstić information content (AvgIpc) is 2.89. The van der Waals surface area contributed by atoms with Crippen molar-refractivity contribution in [3.05, 3.63) is 117 Å². The highest BCUT2D eigenvalue weighted by Crippen LogP contribution is 2.34. The molecule has 3 nitrogen and oxygen atoms in total. The minimum Gasteiger partial charge on any atom is -0.490 e. The molecule has 1 unspecified atom stereocenters. The summed E-state index contributed by atoms with van der Waals surface area (Å²) in [6.07, 6.45) is 1.60. The molecule has 1 atom stereocenters. The molecule has 0 aromatic heterocycles. The summed E-state index contributed by atoms with van der Waals surface area (Å²) in [5.41, 5.74) is 8.43. The van der Waals surface area contributed by atoms with E-state index in [-0.39, 0.29) is 6.61 Å². The maximum absolute atomic E-state index is 9.42. The number of benzene rings is 4. The van der Waals surface area contributed by atoms with Gasteiger partial charge in [-0.2, -0.15) is 0 Å². The molecular formula is C33H34Cl2O3. The van der Waals surface area contributed by atoms with Gasteiger partial charge in [0.15, 0.2) is 5.75 Å². The van der Waals surface area contributed by atoms with Crippen LogP contribution in [-0.2, 0) is 12.8 Å². The van der Waals surface area contributed by atoms with Crippen LogP contribution in [0.25, 0.3) is 11.1 Å². The van der Waals surface area contributed by atoms with Gasteiger partial charge in [-0.3, -0.25) is 0 Å². The van der Waals surface area contributed by atoms with Crippen LogP contribution < -0.4 is 9.47 Å². The fourth-order valence-electron chi connectivity index (χ4n) is 4.85. The van der Waals surface area contributed by atoms with Crippen molar-refractivity contribution in [2.24, 2.45) is 0 Å². The SMILES string of the molecule is Cc1cc(Cl)c(OCCOc2ccc(CC(C)c3ccc(-c4ccccc4CCO)cc3C)cc2)c(Cl)c1. The lowest BCUT2D eigenvalue weighted by molar-refractivity contribution is 0.217. The fourth-order valence-corrected chi connectivity index (χ4v) is 5.55. The zero-order valence-electron chi connectivity index (χ0n) is 22.1. The van der Waals surface area contributed by atoms with Gasteiger partial charge in [0.05, 0.1) is 10.0 Å². The molecule has 0 aliphatic heterocycles. The van der Waals surface area contributed by atoms with Gasteiger partial charge in [-0.25, -0.2) is 0 Å². The molecule has 0 saturated heterocycles. The van der Waals surface area contributed by atoms with Crippen molar-refractivity contribution in [3.63, 3.8) is 0 Å². The van der Waals surface area contributed by atoms with Crippen molar-refractivity contribution >= 4 is 23.2 Å². The molecule has 4 rings (SSSR count). The van der Waals surface area contributed by atoms with Crippen LogP contribution in [-0.4, -0.2) is 24.9 Å². The van der Waals surface area contributed by atoms with E-state index in [4.69, 9.17) is 32.7 Å². The molecule has 0 radical (unpaired) electrons. The second kappa shape index (κ2) is 13.2. The van der Waals surface area contributed by atoms with E-state index in [0.717, 1.165) is 17.7 Å². The van der Waals surface area contributed by atoms with Crippen LogP contribution in [0.3, 0.4) is 0 Å². The lowest BCUT2D eigenvalue weighted by Crippen LogP contribution is -2.09. The largest absolute Gasteiger partial charge is 0.490 e. The van der Waals surface area contributed by atoms with Crippen molar-refractivity contribution in [1.82, 2.24) is 0 Å². The Morgan fingerprint density at radius 3 is 2.18 bits per heavy atom. The Bertz CT molecular complexity index is 1340. The second-order valence-corrected chi connectivity index (χ2v) is 10.5. The van der Waals surface area contributed by atoms with Gasteiger partial charge in [0.25, 0.3) is 0 Å². The topological polar surface area (TPSA) is 38.7 Å². The Morgan fingerprint density at radius 1 is 0.816 bits per heavy atom. The number of rotatable bonds is 11. The molecule has 0 aliphatic rings. The molecular weight excluding hydrogens is 515 g/mol. The molecule has 0 heterocycles. The Hall–Kier alpha value is -2.98. The molecule has 0 bridgehead atoms. The number of hydrogen-bond acceptors (Lipinski definition) is 3. The lowest BCUT2D eigenvalue weighted by Gasteiger charge is -2.17. The molecule has 1 N–H and O–H groups in total. The van der Waals surface area contributed by atoms with Crippen LogP contribution in [0.2, 0.25) is 10.0 Å². The molecule has 0 saturated carbocycles. The van der Waals surface area contributed by atoms with E-state index in [1.54, 1.807) is 0 Å². The van der Waals surface area contributed by atoms with Crippen molar-refractivity contribution in [1.29, 1.82) is 0 Å². The van der Waals surface area contributed by atoms with E-state index in [1.165, 1.54) is 33.4 Å². The van der Waals surface area contributed by atoms with Crippen LogP contribution >= 0.6 is 23.2 Å². The zero-order chi connectivity index (χ0) is 27.1. The van der Waals surface area contributed by atoms with Crippen LogP contribution in [0, 0.1) is 13.8 Å². The van der Waals surface area contributed by atoms with Gasteiger partial charge in [-0.1, -0.05) is 84.7 Å². The quantitative estimate of drug-likeness (QED) is 0.190. The van der Waals surface area contributed by atoms with Gasteiger partial charge in [-0.05, 0) is 95.8 Å². The molecule has 0 amide bonds. The number of aliphatic hydroxyl groups excluding tert-OH is 1. The van der Waals surface area contributed by atoms with Crippen molar-refractivity contribution in [2.45, 2.75) is 39.5 Å². The molecule has 0 fully saturated rings. The summed E-state index contributed by atoms with van der Waals surface area (Å²) in [7, 11) is 0. The van der Waals surface area contributed by atoms with Gasteiger partial charge in [0.1, 0.15) is 19.0 Å². The highest BCUT2D eigenvalue weighted by Gasteiger charge is 2.13. The van der Waals surface area contributed by atoms with Crippen LogP contribution in [0.4, 0.5) is 0 Å². The van der Waals surface area contributed by atoms with E-state index in [9.17, 15) is 5.11 Å². The van der Waals surface area contributed by atoms with Gasteiger partial charge in [-0.15, -0.1) is 0 Å². The third-order valence-electron chi connectivity index (χ3n) is 6.72. The number of aliphatic hydroxyl groups is 1. The summed E-state index contributed by atoms with van der Waals surface area (Å²) < 4.78 is 11.6. The maximum atomic E-state index is 9.42. The second-order valence-electron chi connectivity index (χ2n) is 9.71. The van der Waals surface area contributed by atoms with E-state index >= 15 is 0 Å². The minimum absolute atomic E-state index is 0.153. The number of hydrogen-bond donors (Lipinski definition) is 1. The predicted octanol–water partition coefficient (Wildman–Crippen LogP) is 8.62. The van der Waals surface area contributed by atoms with Crippen molar-refractivity contribution in [3.8, 4) is 22.6 Å². The highest BCUT2D eigenvalue weighted by atomic mass is 35.5. The first kappa shape index (κ1) is 28.0. The first-order chi connectivity index (χ1) is 18.4. The van der Waals surface area contributed by atoms with E-state index in [0.29, 0.717) is 41.3 Å². The highest BCUT2D eigenvalue weighted by molar-refractivity contribution is 6.37. The van der Waals surface area contributed by atoms with Crippen LogP contribution in [0.1, 0.15) is 40.7 Å². The average molecular weight is 550 g/mol. The third kappa shape index (κ3) is 7.11. The van der Waals surface area contributed by atoms with E-state index in [1.807, 2.05) is 37.3 Å². The summed E-state index contributed by atoms with van der Waals surface area (Å²) >= 11 is 12.5. The molecule has 4 aromatic rings. The Labute approximate surface area is 236 Å². The number of aryl methyl sites for hydroxylation is 2. The van der Waals surface area contributed by atoms with Crippen LogP contribution in [0.5, 0.6) is 11.5 Å². The van der Waals surface area contributed by atoms with E-state index in [2.05, 4.69) is 62.4 Å². The standard InChI is InChI=1S/C33H34Cl2O3/c1-22-18-31(34)33(32(35)19-22)38-17-16-37-28-11-8-25(9-12-28)20-23(2)29-13-10-27(21-24(29)3)30-7-5-4-6-26(30)14-15-36/h4-13,18-19,21,23,36H,14-17,20H2,1-3H3. The maximum Gasteiger partial charge on any atom is 0.156 e. The molecule has 0 aliphatic carbocycles. The molecule has 4 aromatic carbocycles. The first-order valence-corrected chi connectivity index (χ1v) is 13.7. The zero-order valence-corrected chi connectivity index (χ0v) is 23.6. The fraction of sp³-hybridized carbons (Fsp3) is 0.273. The molecule has 5 heteroatoms. The lowest BCUT2D eigenvalue weighted by atomic mass is 9.88. The van der Waals surface area contributed by atoms with Crippen molar-refractivity contribution < 1.29 is 14.6 Å². The summed E-state index contributed by atoms with van der Waals surface area (Å²) in [4.78, 5) is 0. The van der Waals surface area contributed by atoms with Gasteiger partial charge in [0.2, 0.25) is 0 Å². The number of halogens is 2.